The van der Waals surface area contributed by atoms with Crippen molar-refractivity contribution in [1.82, 2.24) is 0 Å². The number of ketones is 1. The Balaban J connectivity index is 1.79. The Kier molecular flexibility index (Phi) is 6.10. The normalized spacial score (nSPS) is 29.4. The molecule has 0 bridgehead atoms. The first-order chi connectivity index (χ1) is 12.0. The standard InChI is InChI=1S/C21H25BrO3/c1-14-5-4-7-18-16(13-19(14)23)6-2-3-8-20(18)25-21(24)15-9-11-17(22)12-10-15/h7,9-12,14,16,20H,2-6,8,13H2,1H3/b18-7+/t14-,16+,20-/m1/s1. The zero-order valence-corrected chi connectivity index (χ0v) is 16.3. The summed E-state index contributed by atoms with van der Waals surface area (Å²) in [6.45, 7) is 2.03. The fourth-order valence-electron chi connectivity index (χ4n) is 3.85. The zero-order chi connectivity index (χ0) is 17.8. The Labute approximate surface area is 158 Å². The number of carbonyl (C=O) groups is 2. The molecule has 134 valence electrons. The molecule has 25 heavy (non-hydrogen) atoms. The average Bonchev–Trinajstić information content (AvgIpc) is 2.76. The minimum Gasteiger partial charge on any atom is -0.454 e. The van der Waals surface area contributed by atoms with Gasteiger partial charge in [0.15, 0.2) is 0 Å². The molecule has 0 aromatic heterocycles. The number of hydrogen-bond acceptors (Lipinski definition) is 3. The number of carbonyl (C=O) groups excluding carboxylic acids is 2. The molecule has 3 atom stereocenters. The summed E-state index contributed by atoms with van der Waals surface area (Å²) < 4.78 is 6.83. The van der Waals surface area contributed by atoms with Gasteiger partial charge in [0.2, 0.25) is 0 Å². The molecule has 0 spiro atoms. The largest absolute Gasteiger partial charge is 0.454 e. The van der Waals surface area contributed by atoms with Gasteiger partial charge in [0.25, 0.3) is 0 Å². The van der Waals surface area contributed by atoms with Gasteiger partial charge in [-0.05, 0) is 67.9 Å². The molecule has 0 amide bonds. The van der Waals surface area contributed by atoms with Gasteiger partial charge >= 0.3 is 5.97 Å². The number of hydrogen-bond donors (Lipinski definition) is 0. The molecule has 0 unspecified atom stereocenters. The van der Waals surface area contributed by atoms with Gasteiger partial charge in [-0.25, -0.2) is 4.79 Å². The van der Waals surface area contributed by atoms with Crippen molar-refractivity contribution in [2.75, 3.05) is 0 Å². The summed E-state index contributed by atoms with van der Waals surface area (Å²) in [7, 11) is 0. The average molecular weight is 405 g/mol. The Morgan fingerprint density at radius 3 is 2.60 bits per heavy atom. The first-order valence-electron chi connectivity index (χ1n) is 9.24. The van der Waals surface area contributed by atoms with Crippen molar-refractivity contribution in [2.24, 2.45) is 11.8 Å². The van der Waals surface area contributed by atoms with Gasteiger partial charge in [-0.2, -0.15) is 0 Å². The minimum atomic E-state index is -0.277. The number of ether oxygens (including phenoxy) is 1. The molecule has 0 heterocycles. The van der Waals surface area contributed by atoms with Crippen LogP contribution in [-0.4, -0.2) is 17.9 Å². The van der Waals surface area contributed by atoms with E-state index < -0.39 is 0 Å². The van der Waals surface area contributed by atoms with Crippen LogP contribution in [0.4, 0.5) is 0 Å². The number of Topliss-reactive ketones (excluding diaryl/α,β-unsaturated/α-hetero) is 1. The van der Waals surface area contributed by atoms with Crippen LogP contribution >= 0.6 is 15.9 Å². The quantitative estimate of drug-likeness (QED) is 0.483. The van der Waals surface area contributed by atoms with Crippen LogP contribution < -0.4 is 0 Å². The highest BCUT2D eigenvalue weighted by Crippen LogP contribution is 2.36. The van der Waals surface area contributed by atoms with Crippen molar-refractivity contribution < 1.29 is 14.3 Å². The fraction of sp³-hybridized carbons (Fsp3) is 0.524. The van der Waals surface area contributed by atoms with Crippen molar-refractivity contribution in [2.45, 2.75) is 58.0 Å². The predicted octanol–water partition coefficient (Wildman–Crippen LogP) is 5.48. The minimum absolute atomic E-state index is 0.143. The summed E-state index contributed by atoms with van der Waals surface area (Å²) in [4.78, 5) is 24.9. The van der Waals surface area contributed by atoms with Crippen LogP contribution in [0.25, 0.3) is 0 Å². The third-order valence-corrected chi connectivity index (χ3v) is 5.95. The molecule has 2 aliphatic rings. The molecular formula is C21H25BrO3. The summed E-state index contributed by atoms with van der Waals surface area (Å²) in [6.07, 6.45) is 8.45. The van der Waals surface area contributed by atoms with Crippen molar-refractivity contribution in [3.63, 3.8) is 0 Å². The molecule has 1 saturated carbocycles. The highest BCUT2D eigenvalue weighted by molar-refractivity contribution is 9.10. The lowest BCUT2D eigenvalue weighted by Gasteiger charge is -2.27. The van der Waals surface area contributed by atoms with E-state index in [-0.39, 0.29) is 23.9 Å². The van der Waals surface area contributed by atoms with E-state index in [0.29, 0.717) is 17.8 Å². The number of esters is 1. The van der Waals surface area contributed by atoms with E-state index in [9.17, 15) is 9.59 Å². The van der Waals surface area contributed by atoms with Crippen molar-refractivity contribution in [3.8, 4) is 0 Å². The van der Waals surface area contributed by atoms with E-state index in [1.165, 1.54) is 5.57 Å². The van der Waals surface area contributed by atoms with Gasteiger partial charge in [-0.15, -0.1) is 0 Å². The van der Waals surface area contributed by atoms with Crippen LogP contribution in [0.3, 0.4) is 0 Å². The molecule has 3 nitrogen and oxygen atoms in total. The zero-order valence-electron chi connectivity index (χ0n) is 14.7. The monoisotopic (exact) mass is 404 g/mol. The third-order valence-electron chi connectivity index (χ3n) is 5.42. The molecule has 2 aliphatic carbocycles. The first-order valence-corrected chi connectivity index (χ1v) is 10.0. The van der Waals surface area contributed by atoms with Gasteiger partial charge in [0.1, 0.15) is 11.9 Å². The third kappa shape index (κ3) is 4.60. The lowest BCUT2D eigenvalue weighted by molar-refractivity contribution is -0.123. The van der Waals surface area contributed by atoms with E-state index in [1.54, 1.807) is 12.1 Å². The number of allylic oxidation sites excluding steroid dienone is 1. The first kappa shape index (κ1) is 18.4. The second-order valence-electron chi connectivity index (χ2n) is 7.24. The molecule has 1 aromatic carbocycles. The Bertz CT molecular complexity index is 662. The molecule has 4 heteroatoms. The molecule has 0 saturated heterocycles. The van der Waals surface area contributed by atoms with Crippen molar-refractivity contribution >= 4 is 27.7 Å². The number of halogens is 1. The second kappa shape index (κ2) is 8.31. The molecule has 0 aliphatic heterocycles. The highest BCUT2D eigenvalue weighted by atomic mass is 79.9. The van der Waals surface area contributed by atoms with Crippen LogP contribution in [0, 0.1) is 11.8 Å². The summed E-state index contributed by atoms with van der Waals surface area (Å²) in [6, 6.07) is 7.25. The van der Waals surface area contributed by atoms with Gasteiger partial charge in [-0.1, -0.05) is 35.4 Å². The van der Waals surface area contributed by atoms with E-state index in [1.807, 2.05) is 19.1 Å². The van der Waals surface area contributed by atoms with Crippen LogP contribution in [0.5, 0.6) is 0 Å². The summed E-state index contributed by atoms with van der Waals surface area (Å²) >= 11 is 3.38. The fourth-order valence-corrected chi connectivity index (χ4v) is 4.11. The Hall–Kier alpha value is -1.42. The van der Waals surface area contributed by atoms with E-state index in [4.69, 9.17) is 4.74 Å². The smallest absolute Gasteiger partial charge is 0.338 e. The lowest BCUT2D eigenvalue weighted by Crippen LogP contribution is -2.27. The van der Waals surface area contributed by atoms with E-state index in [0.717, 1.165) is 43.0 Å². The molecular weight excluding hydrogens is 380 g/mol. The molecule has 1 fully saturated rings. The van der Waals surface area contributed by atoms with Crippen molar-refractivity contribution in [1.29, 1.82) is 0 Å². The number of rotatable bonds is 2. The number of fused-ring (bicyclic) bond motifs is 1. The van der Waals surface area contributed by atoms with Crippen LogP contribution in [0.2, 0.25) is 0 Å². The van der Waals surface area contributed by atoms with Crippen LogP contribution in [0.15, 0.2) is 40.4 Å². The van der Waals surface area contributed by atoms with Crippen LogP contribution in [0.1, 0.15) is 62.2 Å². The lowest BCUT2D eigenvalue weighted by atomic mass is 9.81. The van der Waals surface area contributed by atoms with Gasteiger partial charge < -0.3 is 4.74 Å². The summed E-state index contributed by atoms with van der Waals surface area (Å²) in [5.41, 5.74) is 1.75. The molecule has 0 N–H and O–H groups in total. The molecule has 1 aromatic rings. The van der Waals surface area contributed by atoms with Crippen LogP contribution in [-0.2, 0) is 9.53 Å². The molecule has 3 rings (SSSR count). The highest BCUT2D eigenvalue weighted by Gasteiger charge is 2.32. The van der Waals surface area contributed by atoms with Crippen molar-refractivity contribution in [3.05, 3.63) is 46.0 Å². The second-order valence-corrected chi connectivity index (χ2v) is 8.15. The SMILES string of the molecule is C[C@@H]1CC/C=C2\[C@@H](CCCC[C@H]2OC(=O)c2ccc(Br)cc2)CC1=O. The van der Waals surface area contributed by atoms with Gasteiger partial charge in [0, 0.05) is 16.8 Å². The maximum absolute atomic E-state index is 12.5. The molecule has 0 radical (unpaired) electrons. The topological polar surface area (TPSA) is 43.4 Å². The summed E-state index contributed by atoms with van der Waals surface area (Å²) in [5, 5.41) is 0. The Morgan fingerprint density at radius 1 is 1.12 bits per heavy atom. The van der Waals surface area contributed by atoms with E-state index >= 15 is 0 Å². The maximum atomic E-state index is 12.5. The Morgan fingerprint density at radius 2 is 1.84 bits per heavy atom. The summed E-state index contributed by atoms with van der Waals surface area (Å²) in [5.74, 6) is 0.460. The predicted molar refractivity (Wildman–Crippen MR) is 101 cm³/mol. The number of benzene rings is 1. The maximum Gasteiger partial charge on any atom is 0.338 e. The van der Waals surface area contributed by atoms with E-state index in [2.05, 4.69) is 22.0 Å². The van der Waals surface area contributed by atoms with Gasteiger partial charge in [-0.3, -0.25) is 4.79 Å². The van der Waals surface area contributed by atoms with Gasteiger partial charge in [0.05, 0.1) is 5.56 Å².